The number of carbonyl (C=O) groups is 1. The topological polar surface area (TPSA) is 52.8 Å². The third kappa shape index (κ3) is 4.04. The maximum Gasteiger partial charge on any atom is 0.258 e. The SMILES string of the molecule is CCCn1c(=NC(=O)CSc2ccccc2)sc2cc3c(cc21)OCCO3. The Labute approximate surface area is 165 Å². The Morgan fingerprint density at radius 3 is 2.67 bits per heavy atom. The standard InChI is InChI=1S/C20H20N2O3S2/c1-2-8-22-15-11-16-17(25-10-9-24-16)12-18(15)27-20(22)21-19(23)13-26-14-6-4-3-5-7-14/h3-7,11-12H,2,8-10,13H2,1H3. The second-order valence-electron chi connectivity index (χ2n) is 6.11. The molecule has 0 saturated carbocycles. The summed E-state index contributed by atoms with van der Waals surface area (Å²) in [6.07, 6.45) is 0.959. The van der Waals surface area contributed by atoms with Crippen LogP contribution in [0, 0.1) is 0 Å². The van der Waals surface area contributed by atoms with E-state index in [1.807, 2.05) is 42.5 Å². The molecule has 0 radical (unpaired) electrons. The van der Waals surface area contributed by atoms with Gasteiger partial charge in [0.25, 0.3) is 5.91 Å². The number of aromatic nitrogens is 1. The Morgan fingerprint density at radius 1 is 1.19 bits per heavy atom. The van der Waals surface area contributed by atoms with Gasteiger partial charge in [-0.25, -0.2) is 0 Å². The lowest BCUT2D eigenvalue weighted by molar-refractivity contribution is -0.115. The van der Waals surface area contributed by atoms with Crippen molar-refractivity contribution in [1.82, 2.24) is 4.57 Å². The van der Waals surface area contributed by atoms with Gasteiger partial charge in [-0.15, -0.1) is 11.8 Å². The van der Waals surface area contributed by atoms with Crippen molar-refractivity contribution in [1.29, 1.82) is 0 Å². The lowest BCUT2D eigenvalue weighted by Crippen LogP contribution is -2.18. The minimum absolute atomic E-state index is 0.127. The van der Waals surface area contributed by atoms with E-state index >= 15 is 0 Å². The second-order valence-corrected chi connectivity index (χ2v) is 8.16. The van der Waals surface area contributed by atoms with Crippen LogP contribution in [0.2, 0.25) is 0 Å². The molecule has 2 heterocycles. The fraction of sp³-hybridized carbons (Fsp3) is 0.300. The average Bonchev–Trinajstić information content (AvgIpc) is 3.02. The van der Waals surface area contributed by atoms with Gasteiger partial charge in [-0.1, -0.05) is 36.5 Å². The van der Waals surface area contributed by atoms with E-state index in [-0.39, 0.29) is 5.91 Å². The number of carbonyl (C=O) groups excluding carboxylic acids is 1. The van der Waals surface area contributed by atoms with Crippen LogP contribution in [0.15, 0.2) is 52.4 Å². The van der Waals surface area contributed by atoms with Crippen LogP contribution >= 0.6 is 23.1 Å². The van der Waals surface area contributed by atoms with Gasteiger partial charge in [0.1, 0.15) is 13.2 Å². The number of fused-ring (bicyclic) bond motifs is 2. The zero-order chi connectivity index (χ0) is 18.6. The summed E-state index contributed by atoms with van der Waals surface area (Å²) >= 11 is 3.02. The highest BCUT2D eigenvalue weighted by molar-refractivity contribution is 8.00. The summed E-state index contributed by atoms with van der Waals surface area (Å²) in [5.41, 5.74) is 1.04. The maximum atomic E-state index is 12.4. The summed E-state index contributed by atoms with van der Waals surface area (Å²) in [6, 6.07) is 13.9. The first-order chi connectivity index (χ1) is 13.2. The summed E-state index contributed by atoms with van der Waals surface area (Å²) in [4.78, 5) is 18.6. The Kier molecular flexibility index (Phi) is 5.50. The number of amides is 1. The molecule has 0 N–H and O–H groups in total. The van der Waals surface area contributed by atoms with Gasteiger partial charge >= 0.3 is 0 Å². The van der Waals surface area contributed by atoms with E-state index in [0.29, 0.717) is 19.0 Å². The Hall–Kier alpha value is -2.25. The molecule has 0 saturated heterocycles. The summed E-state index contributed by atoms with van der Waals surface area (Å²) in [5.74, 6) is 1.72. The maximum absolute atomic E-state index is 12.4. The number of ether oxygens (including phenoxy) is 2. The molecule has 1 amide bonds. The van der Waals surface area contributed by atoms with Crippen molar-refractivity contribution in [2.45, 2.75) is 24.8 Å². The first-order valence-electron chi connectivity index (χ1n) is 8.93. The van der Waals surface area contributed by atoms with E-state index in [9.17, 15) is 4.79 Å². The van der Waals surface area contributed by atoms with Crippen molar-refractivity contribution in [2.75, 3.05) is 19.0 Å². The van der Waals surface area contributed by atoms with Crippen LogP contribution in [-0.4, -0.2) is 29.4 Å². The Morgan fingerprint density at radius 2 is 1.93 bits per heavy atom. The molecule has 3 aromatic rings. The predicted molar refractivity (Wildman–Crippen MR) is 109 cm³/mol. The van der Waals surface area contributed by atoms with E-state index in [0.717, 1.165) is 44.4 Å². The molecule has 4 rings (SSSR count). The Balaban J connectivity index is 1.66. The molecule has 7 heteroatoms. The van der Waals surface area contributed by atoms with Crippen LogP contribution in [0.4, 0.5) is 0 Å². The molecule has 140 valence electrons. The minimum atomic E-state index is -0.127. The number of rotatable bonds is 5. The van der Waals surface area contributed by atoms with Crippen LogP contribution in [-0.2, 0) is 11.3 Å². The summed E-state index contributed by atoms with van der Waals surface area (Å²) in [5, 5.41) is 0. The lowest BCUT2D eigenvalue weighted by atomic mass is 10.2. The number of thioether (sulfide) groups is 1. The highest BCUT2D eigenvalue weighted by Crippen LogP contribution is 2.35. The van der Waals surface area contributed by atoms with Gasteiger partial charge in [-0.2, -0.15) is 4.99 Å². The Bertz CT molecular complexity index is 1020. The van der Waals surface area contributed by atoms with E-state index in [2.05, 4.69) is 16.5 Å². The minimum Gasteiger partial charge on any atom is -0.486 e. The molecule has 1 aromatic heterocycles. The number of aryl methyl sites for hydroxylation is 1. The molecule has 27 heavy (non-hydrogen) atoms. The molecule has 2 aromatic carbocycles. The van der Waals surface area contributed by atoms with E-state index in [1.54, 1.807) is 0 Å². The summed E-state index contributed by atoms with van der Waals surface area (Å²) in [7, 11) is 0. The molecule has 0 aliphatic carbocycles. The first-order valence-corrected chi connectivity index (χ1v) is 10.7. The number of nitrogens with zero attached hydrogens (tertiary/aromatic N) is 2. The highest BCUT2D eigenvalue weighted by Gasteiger charge is 2.16. The number of benzene rings is 2. The summed E-state index contributed by atoms with van der Waals surface area (Å²) in [6.45, 7) is 4.04. The van der Waals surface area contributed by atoms with Crippen LogP contribution in [0.3, 0.4) is 0 Å². The van der Waals surface area contributed by atoms with Crippen LogP contribution < -0.4 is 14.3 Å². The molecule has 0 bridgehead atoms. The van der Waals surface area contributed by atoms with Crippen LogP contribution in [0.1, 0.15) is 13.3 Å². The van der Waals surface area contributed by atoms with Gasteiger partial charge in [0, 0.05) is 23.6 Å². The van der Waals surface area contributed by atoms with Gasteiger partial charge in [0.2, 0.25) is 0 Å². The largest absolute Gasteiger partial charge is 0.486 e. The number of hydrogen-bond donors (Lipinski definition) is 0. The fourth-order valence-electron chi connectivity index (χ4n) is 2.93. The molecule has 0 atom stereocenters. The van der Waals surface area contributed by atoms with Crippen molar-refractivity contribution < 1.29 is 14.3 Å². The zero-order valence-electron chi connectivity index (χ0n) is 15.0. The fourth-order valence-corrected chi connectivity index (χ4v) is 4.72. The van der Waals surface area contributed by atoms with Crippen LogP contribution in [0.25, 0.3) is 10.2 Å². The molecule has 1 aliphatic rings. The van der Waals surface area contributed by atoms with E-state index in [1.165, 1.54) is 23.1 Å². The smallest absolute Gasteiger partial charge is 0.258 e. The third-order valence-electron chi connectivity index (χ3n) is 4.12. The quantitative estimate of drug-likeness (QED) is 0.605. The van der Waals surface area contributed by atoms with Crippen molar-refractivity contribution in [3.8, 4) is 11.5 Å². The van der Waals surface area contributed by atoms with Crippen molar-refractivity contribution in [2.24, 2.45) is 4.99 Å². The predicted octanol–water partition coefficient (Wildman–Crippen LogP) is 4.10. The van der Waals surface area contributed by atoms with Crippen molar-refractivity contribution in [3.05, 3.63) is 47.3 Å². The van der Waals surface area contributed by atoms with E-state index in [4.69, 9.17) is 9.47 Å². The zero-order valence-corrected chi connectivity index (χ0v) is 16.6. The monoisotopic (exact) mass is 400 g/mol. The molecular formula is C20H20N2O3S2. The second kappa shape index (κ2) is 8.19. The molecule has 0 unspecified atom stereocenters. The number of thiazole rings is 1. The normalized spacial score (nSPS) is 13.9. The summed E-state index contributed by atoms with van der Waals surface area (Å²) < 4.78 is 14.5. The molecule has 5 nitrogen and oxygen atoms in total. The average molecular weight is 401 g/mol. The van der Waals surface area contributed by atoms with Gasteiger partial charge < -0.3 is 14.0 Å². The highest BCUT2D eigenvalue weighted by atomic mass is 32.2. The van der Waals surface area contributed by atoms with Gasteiger partial charge in [0.05, 0.1) is 16.0 Å². The molecule has 0 spiro atoms. The van der Waals surface area contributed by atoms with Gasteiger partial charge in [0.15, 0.2) is 16.3 Å². The molecule has 0 fully saturated rings. The van der Waals surface area contributed by atoms with Gasteiger partial charge in [-0.05, 0) is 18.6 Å². The molecule has 1 aliphatic heterocycles. The molecular weight excluding hydrogens is 380 g/mol. The van der Waals surface area contributed by atoms with Gasteiger partial charge in [-0.3, -0.25) is 4.79 Å². The van der Waals surface area contributed by atoms with Crippen molar-refractivity contribution >= 4 is 39.2 Å². The van der Waals surface area contributed by atoms with Crippen molar-refractivity contribution in [3.63, 3.8) is 0 Å². The number of hydrogen-bond acceptors (Lipinski definition) is 5. The lowest BCUT2D eigenvalue weighted by Gasteiger charge is -2.18. The first kappa shape index (κ1) is 18.1. The van der Waals surface area contributed by atoms with Crippen LogP contribution in [0.5, 0.6) is 11.5 Å². The third-order valence-corrected chi connectivity index (χ3v) is 6.16. The van der Waals surface area contributed by atoms with E-state index < -0.39 is 0 Å².